The van der Waals surface area contributed by atoms with Crippen LogP contribution >= 0.6 is 0 Å². The quantitative estimate of drug-likeness (QED) is 0.367. The van der Waals surface area contributed by atoms with Crippen molar-refractivity contribution in [2.24, 2.45) is 0 Å². The Labute approximate surface area is 144 Å². The smallest absolute Gasteiger partial charge is 0.273 e. The third-order valence-electron chi connectivity index (χ3n) is 3.79. The highest BCUT2D eigenvalue weighted by atomic mass is 16.6. The topological polar surface area (TPSA) is 100 Å². The number of carbonyl (C=O) groups is 1. The third kappa shape index (κ3) is 3.75. The summed E-state index contributed by atoms with van der Waals surface area (Å²) in [5.74, 6) is 0.317. The van der Waals surface area contributed by atoms with Gasteiger partial charge in [0.15, 0.2) is 0 Å². The van der Waals surface area contributed by atoms with Crippen LogP contribution in [0.15, 0.2) is 34.3 Å². The zero-order valence-corrected chi connectivity index (χ0v) is 14.4. The highest BCUT2D eigenvalue weighted by molar-refractivity contribution is 6.01. The molecule has 0 unspecified atom stereocenters. The van der Waals surface area contributed by atoms with E-state index in [-0.39, 0.29) is 11.3 Å². The van der Waals surface area contributed by atoms with E-state index in [1.165, 1.54) is 17.0 Å². The summed E-state index contributed by atoms with van der Waals surface area (Å²) in [6.07, 6.45) is 1.35. The van der Waals surface area contributed by atoms with Gasteiger partial charge in [0.05, 0.1) is 4.92 Å². The lowest BCUT2D eigenvalue weighted by atomic mass is 10.0. The second kappa shape index (κ2) is 7.01. The molecule has 1 aromatic heterocycles. The summed E-state index contributed by atoms with van der Waals surface area (Å²) in [5, 5.41) is 20.3. The summed E-state index contributed by atoms with van der Waals surface area (Å²) in [6, 6.07) is 8.34. The molecule has 7 heteroatoms. The summed E-state index contributed by atoms with van der Waals surface area (Å²) in [7, 11) is 3.10. The fourth-order valence-electron chi connectivity index (χ4n) is 2.28. The Balaban J connectivity index is 2.45. The fourth-order valence-corrected chi connectivity index (χ4v) is 2.28. The molecule has 0 aliphatic rings. The zero-order valence-electron chi connectivity index (χ0n) is 14.4. The minimum Gasteiger partial charge on any atom is -0.457 e. The summed E-state index contributed by atoms with van der Waals surface area (Å²) < 4.78 is 5.64. The second-order valence-electron chi connectivity index (χ2n) is 5.77. The van der Waals surface area contributed by atoms with Gasteiger partial charge in [-0.3, -0.25) is 14.9 Å². The standard InChI is InChI=1S/C18H17N3O4/c1-11-7-13(9-16(12(11)2)21(23)24)17-6-5-15(25-17)8-14(10-19)18(22)20(3)4/h5-9H,1-4H3/b14-8-. The van der Waals surface area contributed by atoms with E-state index >= 15 is 0 Å². The molecular weight excluding hydrogens is 322 g/mol. The molecule has 0 saturated carbocycles. The summed E-state index contributed by atoms with van der Waals surface area (Å²) >= 11 is 0. The van der Waals surface area contributed by atoms with E-state index in [4.69, 9.17) is 9.68 Å². The van der Waals surface area contributed by atoms with Crippen LogP contribution in [0.25, 0.3) is 17.4 Å². The molecule has 2 aromatic rings. The normalized spacial score (nSPS) is 11.1. The second-order valence-corrected chi connectivity index (χ2v) is 5.77. The van der Waals surface area contributed by atoms with Gasteiger partial charge in [-0.25, -0.2) is 0 Å². The SMILES string of the molecule is Cc1cc(-c2ccc(/C=C(/C#N)C(=O)N(C)C)o2)cc([N+](=O)[O-])c1C. The van der Waals surface area contributed by atoms with Crippen molar-refractivity contribution in [3.63, 3.8) is 0 Å². The maximum absolute atomic E-state index is 11.9. The lowest BCUT2D eigenvalue weighted by molar-refractivity contribution is -0.385. The number of benzene rings is 1. The van der Waals surface area contributed by atoms with Gasteiger partial charge in [0.2, 0.25) is 0 Å². The van der Waals surface area contributed by atoms with Crippen molar-refractivity contribution in [2.45, 2.75) is 13.8 Å². The highest BCUT2D eigenvalue weighted by Gasteiger charge is 2.17. The molecule has 0 aliphatic carbocycles. The molecule has 0 aliphatic heterocycles. The van der Waals surface area contributed by atoms with Gasteiger partial charge in [0, 0.05) is 37.4 Å². The molecule has 0 radical (unpaired) electrons. The minimum atomic E-state index is -0.431. The van der Waals surface area contributed by atoms with Crippen molar-refractivity contribution in [2.75, 3.05) is 14.1 Å². The Hall–Kier alpha value is -3.40. The molecule has 1 heterocycles. The molecule has 2 rings (SSSR count). The van der Waals surface area contributed by atoms with Gasteiger partial charge < -0.3 is 9.32 Å². The Morgan fingerprint density at radius 3 is 2.56 bits per heavy atom. The monoisotopic (exact) mass is 339 g/mol. The number of rotatable bonds is 4. The molecule has 1 amide bonds. The van der Waals surface area contributed by atoms with Gasteiger partial charge in [0.25, 0.3) is 11.6 Å². The highest BCUT2D eigenvalue weighted by Crippen LogP contribution is 2.31. The summed E-state index contributed by atoms with van der Waals surface area (Å²) in [5.41, 5.74) is 1.90. The lowest BCUT2D eigenvalue weighted by Gasteiger charge is -2.07. The molecule has 0 fully saturated rings. The summed E-state index contributed by atoms with van der Waals surface area (Å²) in [4.78, 5) is 23.9. The molecule has 0 N–H and O–H groups in total. The maximum atomic E-state index is 11.9. The van der Waals surface area contributed by atoms with E-state index in [0.29, 0.717) is 22.6 Å². The van der Waals surface area contributed by atoms with Crippen molar-refractivity contribution < 1.29 is 14.1 Å². The molecule has 25 heavy (non-hydrogen) atoms. The van der Waals surface area contributed by atoms with E-state index in [2.05, 4.69) is 0 Å². The number of nitrogens with zero attached hydrogens (tertiary/aromatic N) is 3. The predicted molar refractivity (Wildman–Crippen MR) is 92.6 cm³/mol. The first-order chi connectivity index (χ1) is 11.7. The molecule has 0 spiro atoms. The van der Waals surface area contributed by atoms with Crippen molar-refractivity contribution in [1.29, 1.82) is 5.26 Å². The molecule has 0 bridgehead atoms. The van der Waals surface area contributed by atoms with Gasteiger partial charge in [-0.1, -0.05) is 0 Å². The van der Waals surface area contributed by atoms with Crippen LogP contribution in [0.1, 0.15) is 16.9 Å². The van der Waals surface area contributed by atoms with Crippen molar-refractivity contribution in [3.8, 4) is 17.4 Å². The number of carbonyl (C=O) groups excluding carboxylic acids is 1. The Bertz CT molecular complexity index is 917. The molecular formula is C18H17N3O4. The van der Waals surface area contributed by atoms with Crippen LogP contribution in [-0.2, 0) is 4.79 Å². The van der Waals surface area contributed by atoms with Crippen LogP contribution in [0.2, 0.25) is 0 Å². The number of aryl methyl sites for hydroxylation is 1. The predicted octanol–water partition coefficient (Wildman–Crippen LogP) is 3.47. The van der Waals surface area contributed by atoms with Gasteiger partial charge in [-0.05, 0) is 37.6 Å². The van der Waals surface area contributed by atoms with Crippen molar-refractivity contribution >= 4 is 17.7 Å². The van der Waals surface area contributed by atoms with E-state index in [0.717, 1.165) is 5.56 Å². The number of nitriles is 1. The van der Waals surface area contributed by atoms with Crippen molar-refractivity contribution in [3.05, 3.63) is 56.8 Å². The third-order valence-corrected chi connectivity index (χ3v) is 3.79. The van der Waals surface area contributed by atoms with Crippen LogP contribution in [-0.4, -0.2) is 29.8 Å². The first-order valence-electron chi connectivity index (χ1n) is 7.44. The zero-order chi connectivity index (χ0) is 18.7. The number of likely N-dealkylation sites (N-methyl/N-ethyl adjacent to an activating group) is 1. The van der Waals surface area contributed by atoms with Gasteiger partial charge in [-0.15, -0.1) is 0 Å². The van der Waals surface area contributed by atoms with E-state index in [1.807, 2.05) is 6.07 Å². The van der Waals surface area contributed by atoms with E-state index in [9.17, 15) is 14.9 Å². The largest absolute Gasteiger partial charge is 0.457 e. The van der Waals surface area contributed by atoms with Crippen LogP contribution in [0.5, 0.6) is 0 Å². The number of furan rings is 1. The molecule has 128 valence electrons. The number of hydrogen-bond acceptors (Lipinski definition) is 5. The molecule has 0 atom stereocenters. The Morgan fingerprint density at radius 2 is 2.00 bits per heavy atom. The maximum Gasteiger partial charge on any atom is 0.273 e. The summed E-state index contributed by atoms with van der Waals surface area (Å²) in [6.45, 7) is 3.48. The number of nitro benzene ring substituents is 1. The Morgan fingerprint density at radius 1 is 1.32 bits per heavy atom. The molecule has 7 nitrogen and oxygen atoms in total. The van der Waals surface area contributed by atoms with E-state index < -0.39 is 10.8 Å². The fraction of sp³-hybridized carbons (Fsp3) is 0.222. The van der Waals surface area contributed by atoms with E-state index in [1.54, 1.807) is 46.1 Å². The van der Waals surface area contributed by atoms with Crippen molar-refractivity contribution in [1.82, 2.24) is 4.90 Å². The Kier molecular flexibility index (Phi) is 5.03. The molecule has 1 aromatic carbocycles. The van der Waals surface area contributed by atoms with Gasteiger partial charge in [-0.2, -0.15) is 5.26 Å². The average molecular weight is 339 g/mol. The first-order valence-corrected chi connectivity index (χ1v) is 7.44. The lowest BCUT2D eigenvalue weighted by Crippen LogP contribution is -2.22. The van der Waals surface area contributed by atoms with Crippen LogP contribution < -0.4 is 0 Å². The van der Waals surface area contributed by atoms with Crippen LogP contribution in [0.3, 0.4) is 0 Å². The number of hydrogen-bond donors (Lipinski definition) is 0. The van der Waals surface area contributed by atoms with Gasteiger partial charge in [0.1, 0.15) is 23.2 Å². The molecule has 0 saturated heterocycles. The first kappa shape index (κ1) is 17.9. The number of nitro groups is 1. The van der Waals surface area contributed by atoms with Gasteiger partial charge >= 0.3 is 0 Å². The average Bonchev–Trinajstić information content (AvgIpc) is 3.02. The minimum absolute atomic E-state index is 0.0176. The van der Waals surface area contributed by atoms with Crippen LogP contribution in [0.4, 0.5) is 5.69 Å². The van der Waals surface area contributed by atoms with Crippen LogP contribution in [0, 0.1) is 35.3 Å². The number of amides is 1.